The summed E-state index contributed by atoms with van der Waals surface area (Å²) in [4.78, 5) is 71.0. The zero-order valence-corrected chi connectivity index (χ0v) is 28.5. The number of oxime groups is 1. The van der Waals surface area contributed by atoms with E-state index in [0.29, 0.717) is 16.9 Å². The molecular formula is C36H33Cl2N3O9. The molecular weight excluding hydrogens is 689 g/mol. The summed E-state index contributed by atoms with van der Waals surface area (Å²) in [6, 6.07) is 19.8. The molecule has 12 nitrogen and oxygen atoms in total. The lowest BCUT2D eigenvalue weighted by molar-refractivity contribution is -0.148. The number of carbonyl (C=O) groups excluding carboxylic acids is 4. The number of Topliss-reactive ketones (excluding diaryl/α,β-unsaturated/α-hetero) is 1. The van der Waals surface area contributed by atoms with Crippen molar-refractivity contribution in [1.29, 1.82) is 0 Å². The van der Waals surface area contributed by atoms with E-state index in [1.807, 2.05) is 26.0 Å². The predicted molar refractivity (Wildman–Crippen MR) is 184 cm³/mol. The lowest BCUT2D eigenvalue weighted by atomic mass is 9.84. The fourth-order valence-corrected chi connectivity index (χ4v) is 6.10. The molecule has 0 fully saturated rings. The highest BCUT2D eigenvalue weighted by molar-refractivity contribution is 6.39. The molecule has 1 aromatic heterocycles. The molecule has 2 amide bonds. The fraction of sp³-hybridized carbons (Fsp3) is 0.278. The molecule has 50 heavy (non-hydrogen) atoms. The van der Waals surface area contributed by atoms with Crippen molar-refractivity contribution in [3.63, 3.8) is 0 Å². The number of hydrogen-bond acceptors (Lipinski definition) is 9. The Bertz CT molecular complexity index is 1910. The summed E-state index contributed by atoms with van der Waals surface area (Å²) in [7, 11) is 0. The lowest BCUT2D eigenvalue weighted by Gasteiger charge is -2.29. The Hall–Kier alpha value is -5.20. The molecule has 0 aliphatic carbocycles. The number of fused-ring (bicyclic) bond motifs is 1. The van der Waals surface area contributed by atoms with Gasteiger partial charge in [-0.1, -0.05) is 96.8 Å². The van der Waals surface area contributed by atoms with Crippen LogP contribution in [-0.4, -0.2) is 64.6 Å². The number of nitrogens with one attached hydrogen (secondary N) is 2. The van der Waals surface area contributed by atoms with E-state index >= 15 is 0 Å². The van der Waals surface area contributed by atoms with E-state index in [-0.39, 0.29) is 40.1 Å². The Morgan fingerprint density at radius 1 is 0.940 bits per heavy atom. The van der Waals surface area contributed by atoms with Gasteiger partial charge in [0.2, 0.25) is 5.60 Å². The third kappa shape index (κ3) is 8.32. The number of carboxylic acids is 1. The zero-order valence-electron chi connectivity index (χ0n) is 27.0. The number of rotatable bonds is 14. The van der Waals surface area contributed by atoms with Gasteiger partial charge in [-0.3, -0.25) is 19.2 Å². The molecule has 0 spiro atoms. The monoisotopic (exact) mass is 721 g/mol. The molecule has 3 N–H and O–H groups in total. The zero-order chi connectivity index (χ0) is 36.0. The Morgan fingerprint density at radius 2 is 1.62 bits per heavy atom. The van der Waals surface area contributed by atoms with E-state index in [1.54, 1.807) is 48.5 Å². The van der Waals surface area contributed by atoms with Crippen molar-refractivity contribution in [3.05, 3.63) is 106 Å². The van der Waals surface area contributed by atoms with Gasteiger partial charge in [-0.05, 0) is 35.7 Å². The van der Waals surface area contributed by atoms with Gasteiger partial charge in [0.25, 0.3) is 11.8 Å². The highest BCUT2D eigenvalue weighted by Crippen LogP contribution is 2.32. The first-order chi connectivity index (χ1) is 23.9. The molecule has 260 valence electrons. The molecule has 0 saturated heterocycles. The second kappa shape index (κ2) is 15.6. The number of amides is 2. The number of ether oxygens (including phenoxy) is 1. The Morgan fingerprint density at radius 3 is 2.28 bits per heavy atom. The number of carbonyl (C=O) groups is 5. The van der Waals surface area contributed by atoms with Crippen LogP contribution < -0.4 is 10.6 Å². The number of carboxylic acid groups (broad SMARTS) is 1. The smallest absolute Gasteiger partial charge is 0.341 e. The summed E-state index contributed by atoms with van der Waals surface area (Å²) < 4.78 is 10.8. The van der Waals surface area contributed by atoms with Gasteiger partial charge in [0.15, 0.2) is 18.2 Å². The molecule has 3 aromatic carbocycles. The van der Waals surface area contributed by atoms with Crippen molar-refractivity contribution in [2.24, 2.45) is 11.1 Å². The van der Waals surface area contributed by atoms with Crippen molar-refractivity contribution in [2.75, 3.05) is 6.61 Å². The van der Waals surface area contributed by atoms with Crippen LogP contribution in [0.1, 0.15) is 53.2 Å². The summed E-state index contributed by atoms with van der Waals surface area (Å²) in [5, 5.41) is 20.0. The van der Waals surface area contributed by atoms with Crippen LogP contribution in [0.3, 0.4) is 0 Å². The highest BCUT2D eigenvalue weighted by atomic mass is 35.5. The van der Waals surface area contributed by atoms with Crippen molar-refractivity contribution >= 4 is 69.4 Å². The van der Waals surface area contributed by atoms with Gasteiger partial charge in [-0.25, -0.2) is 4.79 Å². The van der Waals surface area contributed by atoms with Crippen LogP contribution in [0.4, 0.5) is 0 Å². The van der Waals surface area contributed by atoms with Gasteiger partial charge in [-0.15, -0.1) is 0 Å². The molecule has 4 aromatic rings. The molecule has 1 aliphatic rings. The van der Waals surface area contributed by atoms with Crippen LogP contribution in [0.2, 0.25) is 10.0 Å². The number of para-hydroxylation sites is 1. The van der Waals surface area contributed by atoms with E-state index in [0.717, 1.165) is 5.39 Å². The van der Waals surface area contributed by atoms with Gasteiger partial charge < -0.3 is 29.7 Å². The van der Waals surface area contributed by atoms with Crippen molar-refractivity contribution in [2.45, 2.75) is 50.8 Å². The average molecular weight is 723 g/mol. The van der Waals surface area contributed by atoms with Gasteiger partial charge in [0.1, 0.15) is 11.6 Å². The standard InChI is InChI=1S/C36H33Cl2N3O9/c1-20(2)32(40-33(45)29-15-22-11-6-7-14-28(22)49-29)26-18-36(50-41-26,17-21-9-4-3-5-10-21)35(47)39-25(16-30(43)44)27(42)19-48-34(46)31-23(37)12-8-13-24(31)38/h3-15,20,25,32H,16-19H2,1-2H3,(H,39,47)(H,40,45)(H,43,44). The summed E-state index contributed by atoms with van der Waals surface area (Å²) in [6.45, 7) is 2.85. The summed E-state index contributed by atoms with van der Waals surface area (Å²) in [6.07, 6.45) is -0.930. The second-order valence-corrected chi connectivity index (χ2v) is 12.9. The molecule has 0 saturated carbocycles. The molecule has 3 atom stereocenters. The Kier molecular flexibility index (Phi) is 11.2. The summed E-state index contributed by atoms with van der Waals surface area (Å²) in [5.41, 5.74) is -0.306. The van der Waals surface area contributed by atoms with Crippen LogP contribution in [0.15, 0.2) is 88.4 Å². The van der Waals surface area contributed by atoms with E-state index in [9.17, 15) is 29.1 Å². The summed E-state index contributed by atoms with van der Waals surface area (Å²) >= 11 is 12.1. The van der Waals surface area contributed by atoms with E-state index in [1.165, 1.54) is 18.2 Å². The number of halogens is 2. The molecule has 0 radical (unpaired) electrons. The maximum absolute atomic E-state index is 14.1. The molecule has 5 rings (SSSR count). The van der Waals surface area contributed by atoms with E-state index < -0.39 is 60.2 Å². The first-order valence-electron chi connectivity index (χ1n) is 15.6. The fourth-order valence-electron chi connectivity index (χ4n) is 5.55. The number of nitrogens with zero attached hydrogens (tertiary/aromatic N) is 1. The number of hydrogen-bond donors (Lipinski definition) is 3. The molecule has 1 aliphatic heterocycles. The SMILES string of the molecule is CC(C)C(NC(=O)c1cc2ccccc2o1)C1=NOC(Cc2ccccc2)(C(=O)NC(CC(=O)O)C(=O)COC(=O)c2c(Cl)cccc2Cl)C1. The lowest BCUT2D eigenvalue weighted by Crippen LogP contribution is -2.55. The first kappa shape index (κ1) is 36.1. The maximum atomic E-state index is 14.1. The van der Waals surface area contributed by atoms with Gasteiger partial charge >= 0.3 is 11.9 Å². The quantitative estimate of drug-likeness (QED) is 0.139. The second-order valence-electron chi connectivity index (χ2n) is 12.1. The van der Waals surface area contributed by atoms with Crippen LogP contribution in [0.5, 0.6) is 0 Å². The van der Waals surface area contributed by atoms with Crippen molar-refractivity contribution in [3.8, 4) is 0 Å². The molecule has 0 bridgehead atoms. The van der Waals surface area contributed by atoms with Crippen LogP contribution in [0, 0.1) is 5.92 Å². The van der Waals surface area contributed by atoms with Crippen molar-refractivity contribution in [1.82, 2.24) is 10.6 Å². The van der Waals surface area contributed by atoms with Crippen LogP contribution >= 0.6 is 23.2 Å². The number of aliphatic carboxylic acids is 1. The number of benzene rings is 3. The highest BCUT2D eigenvalue weighted by Gasteiger charge is 2.49. The Labute approximate surface area is 296 Å². The van der Waals surface area contributed by atoms with Gasteiger partial charge in [-0.2, -0.15) is 0 Å². The normalized spacial score (nSPS) is 16.6. The minimum Gasteiger partial charge on any atom is -0.481 e. The number of furan rings is 1. The topological polar surface area (TPSA) is 174 Å². The maximum Gasteiger partial charge on any atom is 0.341 e. The van der Waals surface area contributed by atoms with Crippen molar-refractivity contribution < 1.29 is 43.1 Å². The molecule has 14 heteroatoms. The van der Waals surface area contributed by atoms with Crippen LogP contribution in [0.25, 0.3) is 11.0 Å². The molecule has 3 unspecified atom stereocenters. The summed E-state index contributed by atoms with van der Waals surface area (Å²) in [5.74, 6) is -4.72. The average Bonchev–Trinajstić information content (AvgIpc) is 3.71. The van der Waals surface area contributed by atoms with Gasteiger partial charge in [0.05, 0.1) is 33.8 Å². The first-order valence-corrected chi connectivity index (χ1v) is 16.4. The number of ketones is 1. The minimum absolute atomic E-state index is 0.00384. The minimum atomic E-state index is -1.73. The third-order valence-corrected chi connectivity index (χ3v) is 8.73. The van der Waals surface area contributed by atoms with E-state index in [4.69, 9.17) is 37.2 Å². The predicted octanol–water partition coefficient (Wildman–Crippen LogP) is 5.64. The van der Waals surface area contributed by atoms with Crippen LogP contribution in [-0.2, 0) is 30.4 Å². The largest absolute Gasteiger partial charge is 0.481 e. The van der Waals surface area contributed by atoms with E-state index in [2.05, 4.69) is 15.8 Å². The number of esters is 1. The van der Waals surface area contributed by atoms with Gasteiger partial charge in [0, 0.05) is 18.2 Å². The molecule has 2 heterocycles. The Balaban J connectivity index is 1.35. The third-order valence-electron chi connectivity index (χ3n) is 8.10.